The summed E-state index contributed by atoms with van der Waals surface area (Å²) in [7, 11) is 1.67. The van der Waals surface area contributed by atoms with E-state index in [9.17, 15) is 9.59 Å². The van der Waals surface area contributed by atoms with Crippen LogP contribution in [0.25, 0.3) is 0 Å². The average molecular weight is 343 g/mol. The third-order valence-corrected chi connectivity index (χ3v) is 3.30. The first-order valence-electron chi connectivity index (χ1n) is 6.43. The molecule has 20 heavy (non-hydrogen) atoms. The summed E-state index contributed by atoms with van der Waals surface area (Å²) in [6.45, 7) is 2.12. The van der Waals surface area contributed by atoms with Crippen molar-refractivity contribution in [1.82, 2.24) is 0 Å². The van der Waals surface area contributed by atoms with Crippen molar-refractivity contribution >= 4 is 39.2 Å². The third kappa shape index (κ3) is 4.85. The Balaban J connectivity index is 2.52. The predicted octanol–water partition coefficient (Wildman–Crippen LogP) is 2.73. The molecule has 0 saturated carbocycles. The molecule has 0 radical (unpaired) electrons. The molecule has 1 rings (SSSR count). The molecule has 2 N–H and O–H groups in total. The molecule has 110 valence electrons. The van der Waals surface area contributed by atoms with Gasteiger partial charge in [-0.05, 0) is 31.5 Å². The Bertz CT molecular complexity index is 491. The molecule has 0 aromatic heterocycles. The zero-order valence-electron chi connectivity index (χ0n) is 11.7. The van der Waals surface area contributed by atoms with E-state index in [1.165, 1.54) is 4.90 Å². The highest BCUT2D eigenvalue weighted by molar-refractivity contribution is 9.10. The van der Waals surface area contributed by atoms with E-state index in [0.717, 1.165) is 4.47 Å². The summed E-state index contributed by atoms with van der Waals surface area (Å²) in [5.41, 5.74) is 7.07. The number of carbonyl (C=O) groups is 2. The number of halogens is 1. The third-order valence-electron chi connectivity index (χ3n) is 2.80. The minimum atomic E-state index is -0.272. The molecule has 1 aromatic rings. The van der Waals surface area contributed by atoms with Gasteiger partial charge in [-0.3, -0.25) is 9.59 Å². The molecule has 0 unspecified atom stereocenters. The molecule has 0 fully saturated rings. The van der Waals surface area contributed by atoms with E-state index in [1.54, 1.807) is 26.1 Å². The molecule has 1 aromatic carbocycles. The average Bonchev–Trinajstić information content (AvgIpc) is 2.38. The second kappa shape index (κ2) is 7.89. The number of nitrogen functional groups attached to an aromatic ring is 1. The summed E-state index contributed by atoms with van der Waals surface area (Å²) in [6, 6.07) is 5.36. The highest BCUT2D eigenvalue weighted by atomic mass is 79.9. The van der Waals surface area contributed by atoms with Gasteiger partial charge in [-0.25, -0.2) is 0 Å². The van der Waals surface area contributed by atoms with Crippen molar-refractivity contribution in [2.24, 2.45) is 0 Å². The summed E-state index contributed by atoms with van der Waals surface area (Å²) in [5.74, 6) is -0.352. The molecule has 0 spiro atoms. The SMILES string of the molecule is CCOC(=O)CCCC(=O)N(C)c1ccc(Br)cc1N. The molecule has 1 amide bonds. The summed E-state index contributed by atoms with van der Waals surface area (Å²) >= 11 is 3.32. The lowest BCUT2D eigenvalue weighted by molar-refractivity contribution is -0.143. The van der Waals surface area contributed by atoms with Gasteiger partial charge in [-0.2, -0.15) is 0 Å². The van der Waals surface area contributed by atoms with Gasteiger partial charge in [0, 0.05) is 24.4 Å². The standard InChI is InChI=1S/C14H19BrN2O3/c1-3-20-14(19)6-4-5-13(18)17(2)12-8-7-10(15)9-11(12)16/h7-9H,3-6,16H2,1-2H3. The number of anilines is 2. The summed E-state index contributed by atoms with van der Waals surface area (Å²) in [4.78, 5) is 24.7. The van der Waals surface area contributed by atoms with Gasteiger partial charge in [0.25, 0.3) is 0 Å². The Kier molecular flexibility index (Phi) is 6.51. The Morgan fingerprint density at radius 2 is 2.05 bits per heavy atom. The molecule has 0 aliphatic heterocycles. The smallest absolute Gasteiger partial charge is 0.305 e. The zero-order valence-corrected chi connectivity index (χ0v) is 13.3. The molecule has 0 aliphatic carbocycles. The number of amides is 1. The van der Waals surface area contributed by atoms with Gasteiger partial charge in [0.05, 0.1) is 18.0 Å². The summed E-state index contributed by atoms with van der Waals surface area (Å²) < 4.78 is 5.67. The van der Waals surface area contributed by atoms with Crippen LogP contribution in [0.3, 0.4) is 0 Å². The Labute approximate surface area is 127 Å². The Morgan fingerprint density at radius 1 is 1.35 bits per heavy atom. The number of rotatable bonds is 6. The van der Waals surface area contributed by atoms with Crippen LogP contribution in [0.4, 0.5) is 11.4 Å². The molecule has 5 nitrogen and oxygen atoms in total. The Hall–Kier alpha value is -1.56. The van der Waals surface area contributed by atoms with Crippen molar-refractivity contribution in [2.45, 2.75) is 26.2 Å². The number of carbonyl (C=O) groups excluding carboxylic acids is 2. The maximum atomic E-state index is 12.0. The predicted molar refractivity (Wildman–Crippen MR) is 82.4 cm³/mol. The number of hydrogen-bond acceptors (Lipinski definition) is 4. The van der Waals surface area contributed by atoms with E-state index in [1.807, 2.05) is 6.07 Å². The van der Waals surface area contributed by atoms with E-state index < -0.39 is 0 Å². The number of benzene rings is 1. The van der Waals surface area contributed by atoms with Crippen LogP contribution in [0.2, 0.25) is 0 Å². The first kappa shape index (κ1) is 16.5. The Morgan fingerprint density at radius 3 is 2.65 bits per heavy atom. The minimum absolute atomic E-state index is 0.0803. The molecular weight excluding hydrogens is 324 g/mol. The summed E-state index contributed by atoms with van der Waals surface area (Å²) in [5, 5.41) is 0. The van der Waals surface area contributed by atoms with Crippen molar-refractivity contribution in [1.29, 1.82) is 0 Å². The molecule has 6 heteroatoms. The minimum Gasteiger partial charge on any atom is -0.466 e. The van der Waals surface area contributed by atoms with Crippen LogP contribution in [0.5, 0.6) is 0 Å². The van der Waals surface area contributed by atoms with Gasteiger partial charge in [0.2, 0.25) is 5.91 Å². The molecular formula is C14H19BrN2O3. The zero-order chi connectivity index (χ0) is 15.1. The molecule has 0 saturated heterocycles. The molecule has 0 aliphatic rings. The van der Waals surface area contributed by atoms with Crippen molar-refractivity contribution in [3.8, 4) is 0 Å². The van der Waals surface area contributed by atoms with E-state index in [2.05, 4.69) is 15.9 Å². The van der Waals surface area contributed by atoms with Crippen LogP contribution in [0.15, 0.2) is 22.7 Å². The van der Waals surface area contributed by atoms with Crippen LogP contribution < -0.4 is 10.6 Å². The quantitative estimate of drug-likeness (QED) is 0.637. The topological polar surface area (TPSA) is 72.6 Å². The van der Waals surface area contributed by atoms with Crippen molar-refractivity contribution in [3.63, 3.8) is 0 Å². The van der Waals surface area contributed by atoms with Gasteiger partial charge in [0.15, 0.2) is 0 Å². The largest absolute Gasteiger partial charge is 0.466 e. The number of hydrogen-bond donors (Lipinski definition) is 1. The first-order chi connectivity index (χ1) is 9.45. The molecule has 0 bridgehead atoms. The monoisotopic (exact) mass is 342 g/mol. The van der Waals surface area contributed by atoms with Gasteiger partial charge >= 0.3 is 5.97 Å². The van der Waals surface area contributed by atoms with E-state index in [4.69, 9.17) is 10.5 Å². The first-order valence-corrected chi connectivity index (χ1v) is 7.22. The summed E-state index contributed by atoms with van der Waals surface area (Å²) in [6.07, 6.45) is 1.01. The maximum Gasteiger partial charge on any atom is 0.305 e. The fourth-order valence-corrected chi connectivity index (χ4v) is 2.13. The van der Waals surface area contributed by atoms with E-state index in [0.29, 0.717) is 24.4 Å². The number of ether oxygens (including phenoxy) is 1. The van der Waals surface area contributed by atoms with E-state index >= 15 is 0 Å². The number of esters is 1. The number of nitrogens with two attached hydrogens (primary N) is 1. The van der Waals surface area contributed by atoms with E-state index in [-0.39, 0.29) is 24.7 Å². The van der Waals surface area contributed by atoms with Gasteiger partial charge in [0.1, 0.15) is 0 Å². The van der Waals surface area contributed by atoms with Gasteiger partial charge < -0.3 is 15.4 Å². The van der Waals surface area contributed by atoms with Gasteiger partial charge in [-0.1, -0.05) is 15.9 Å². The second-order valence-corrected chi connectivity index (χ2v) is 5.23. The van der Waals surface area contributed by atoms with Crippen LogP contribution in [-0.2, 0) is 14.3 Å². The fraction of sp³-hybridized carbons (Fsp3) is 0.429. The number of nitrogens with zero attached hydrogens (tertiary/aromatic N) is 1. The molecule has 0 heterocycles. The van der Waals surface area contributed by atoms with Crippen LogP contribution in [-0.4, -0.2) is 25.5 Å². The van der Waals surface area contributed by atoms with Crippen molar-refractivity contribution in [2.75, 3.05) is 24.3 Å². The highest BCUT2D eigenvalue weighted by Crippen LogP contribution is 2.26. The molecule has 0 atom stereocenters. The lowest BCUT2D eigenvalue weighted by atomic mass is 10.2. The normalized spacial score (nSPS) is 10.2. The van der Waals surface area contributed by atoms with Crippen LogP contribution in [0.1, 0.15) is 26.2 Å². The lowest BCUT2D eigenvalue weighted by Crippen LogP contribution is -2.26. The second-order valence-electron chi connectivity index (χ2n) is 4.31. The van der Waals surface area contributed by atoms with Crippen molar-refractivity contribution < 1.29 is 14.3 Å². The van der Waals surface area contributed by atoms with Crippen LogP contribution >= 0.6 is 15.9 Å². The fourth-order valence-electron chi connectivity index (χ4n) is 1.75. The van der Waals surface area contributed by atoms with Gasteiger partial charge in [-0.15, -0.1) is 0 Å². The van der Waals surface area contributed by atoms with Crippen molar-refractivity contribution in [3.05, 3.63) is 22.7 Å². The maximum absolute atomic E-state index is 12.0. The highest BCUT2D eigenvalue weighted by Gasteiger charge is 2.14. The van der Waals surface area contributed by atoms with Crippen LogP contribution in [0, 0.1) is 0 Å². The lowest BCUT2D eigenvalue weighted by Gasteiger charge is -2.19.